The topological polar surface area (TPSA) is 96.5 Å². The van der Waals surface area contributed by atoms with Crippen molar-refractivity contribution in [2.24, 2.45) is 19.1 Å². The molecule has 0 atom stereocenters. The molecule has 1 aliphatic heterocycles. The molecule has 27 heavy (non-hydrogen) atoms. The van der Waals surface area contributed by atoms with Gasteiger partial charge in [0.25, 0.3) is 0 Å². The fraction of sp³-hybridized carbons (Fsp3) is 0.588. The molecule has 2 aliphatic rings. The minimum Gasteiger partial charge on any atom is -0.353 e. The zero-order valence-corrected chi connectivity index (χ0v) is 16.0. The van der Waals surface area contributed by atoms with E-state index in [1.807, 2.05) is 36.7 Å². The van der Waals surface area contributed by atoms with Gasteiger partial charge in [0.1, 0.15) is 18.9 Å². The van der Waals surface area contributed by atoms with Gasteiger partial charge in [-0.2, -0.15) is 5.10 Å². The molecule has 2 aromatic heterocycles. The van der Waals surface area contributed by atoms with Crippen molar-refractivity contribution in [3.05, 3.63) is 24.0 Å². The number of amides is 1. The highest BCUT2D eigenvalue weighted by Gasteiger charge is 2.30. The van der Waals surface area contributed by atoms with Gasteiger partial charge in [0.05, 0.1) is 11.9 Å². The monoisotopic (exact) mass is 371 g/mol. The van der Waals surface area contributed by atoms with Gasteiger partial charge in [-0.3, -0.25) is 9.48 Å². The third-order valence-corrected chi connectivity index (χ3v) is 4.99. The maximum atomic E-state index is 12.7. The number of nitrogens with one attached hydrogen (secondary N) is 1. The van der Waals surface area contributed by atoms with E-state index in [4.69, 9.17) is 4.99 Å². The summed E-state index contributed by atoms with van der Waals surface area (Å²) in [5, 5.41) is 15.9. The van der Waals surface area contributed by atoms with E-state index in [1.54, 1.807) is 15.8 Å². The second-order valence-corrected chi connectivity index (χ2v) is 7.12. The van der Waals surface area contributed by atoms with E-state index in [0.29, 0.717) is 25.7 Å². The summed E-state index contributed by atoms with van der Waals surface area (Å²) in [6, 6.07) is 0.455. The smallest absolute Gasteiger partial charge is 0.246 e. The molecule has 1 saturated heterocycles. The van der Waals surface area contributed by atoms with Crippen molar-refractivity contribution in [1.29, 1.82) is 0 Å². The van der Waals surface area contributed by atoms with Gasteiger partial charge in [-0.1, -0.05) is 0 Å². The van der Waals surface area contributed by atoms with Gasteiger partial charge in [0.2, 0.25) is 5.91 Å². The number of anilines is 1. The van der Waals surface area contributed by atoms with Gasteiger partial charge in [-0.05, 0) is 19.8 Å². The number of carbonyl (C=O) groups excluding carboxylic acids is 1. The van der Waals surface area contributed by atoms with Gasteiger partial charge in [-0.25, -0.2) is 4.99 Å². The molecule has 2 aromatic rings. The van der Waals surface area contributed by atoms with E-state index >= 15 is 0 Å². The average molecular weight is 371 g/mol. The van der Waals surface area contributed by atoms with Crippen LogP contribution in [-0.2, 0) is 25.4 Å². The molecule has 0 unspecified atom stereocenters. The summed E-state index contributed by atoms with van der Waals surface area (Å²) in [4.78, 5) is 21.2. The molecule has 144 valence electrons. The first-order chi connectivity index (χ1) is 13.0. The minimum atomic E-state index is 0.0500. The van der Waals surface area contributed by atoms with Crippen LogP contribution in [0.4, 0.5) is 5.69 Å². The van der Waals surface area contributed by atoms with Gasteiger partial charge < -0.3 is 19.7 Å². The predicted octanol–water partition coefficient (Wildman–Crippen LogP) is -0.186. The number of rotatable bonds is 4. The second kappa shape index (κ2) is 7.01. The van der Waals surface area contributed by atoms with Crippen molar-refractivity contribution in [1.82, 2.24) is 34.8 Å². The number of piperazine rings is 1. The molecule has 4 rings (SSSR count). The lowest BCUT2D eigenvalue weighted by Crippen LogP contribution is -2.55. The van der Waals surface area contributed by atoms with E-state index in [-0.39, 0.29) is 5.91 Å². The molecule has 1 amide bonds. The Morgan fingerprint density at radius 1 is 1.30 bits per heavy atom. The van der Waals surface area contributed by atoms with Crippen LogP contribution < -0.4 is 10.2 Å². The Morgan fingerprint density at radius 2 is 2.11 bits per heavy atom. The number of hydrogen-bond acceptors (Lipinski definition) is 5. The number of hydrogen-bond donors (Lipinski definition) is 1. The number of carbonyl (C=O) groups is 1. The molecule has 10 nitrogen and oxygen atoms in total. The number of guanidine groups is 1. The number of aromatic nitrogens is 5. The van der Waals surface area contributed by atoms with Crippen LogP contribution in [0.3, 0.4) is 0 Å². The number of nitrogens with zero attached hydrogens (tertiary/aromatic N) is 8. The first kappa shape index (κ1) is 17.5. The summed E-state index contributed by atoms with van der Waals surface area (Å²) in [7, 11) is 3.78. The van der Waals surface area contributed by atoms with Crippen molar-refractivity contribution < 1.29 is 4.79 Å². The Balaban J connectivity index is 1.47. The van der Waals surface area contributed by atoms with Crippen LogP contribution in [-0.4, -0.2) is 67.0 Å². The van der Waals surface area contributed by atoms with Crippen LogP contribution >= 0.6 is 0 Å². The molecule has 2 fully saturated rings. The zero-order valence-electron chi connectivity index (χ0n) is 16.0. The van der Waals surface area contributed by atoms with Crippen LogP contribution in [0.2, 0.25) is 0 Å². The molecule has 1 aliphatic carbocycles. The van der Waals surface area contributed by atoms with Crippen LogP contribution in [0.15, 0.2) is 17.4 Å². The lowest BCUT2D eigenvalue weighted by Gasteiger charge is -2.35. The standard InChI is InChI=1S/C17H25N9O/c1-12-21-22-15(24(12)3)9-18-17(20-13-4-5-13)25-6-7-26(16(27)11-25)14-8-19-23(2)10-14/h8,10,13H,4-7,9,11H2,1-3H3,(H,18,20). The van der Waals surface area contributed by atoms with E-state index in [2.05, 4.69) is 20.6 Å². The molecule has 0 bridgehead atoms. The van der Waals surface area contributed by atoms with E-state index < -0.39 is 0 Å². The number of aliphatic imine (C=N–C) groups is 1. The molecule has 3 heterocycles. The Labute approximate surface area is 157 Å². The number of aryl methyl sites for hydroxylation is 2. The van der Waals surface area contributed by atoms with Crippen molar-refractivity contribution in [3.8, 4) is 0 Å². The van der Waals surface area contributed by atoms with Crippen molar-refractivity contribution in [2.45, 2.75) is 32.4 Å². The Morgan fingerprint density at radius 3 is 2.70 bits per heavy atom. The zero-order chi connectivity index (χ0) is 19.0. The normalized spacial score (nSPS) is 18.3. The van der Waals surface area contributed by atoms with E-state index in [9.17, 15) is 4.79 Å². The molecule has 1 saturated carbocycles. The molecular weight excluding hydrogens is 346 g/mol. The Kier molecular flexibility index (Phi) is 4.54. The van der Waals surface area contributed by atoms with Crippen LogP contribution in [0.1, 0.15) is 24.5 Å². The highest BCUT2D eigenvalue weighted by atomic mass is 16.2. The Bertz CT molecular complexity index is 864. The van der Waals surface area contributed by atoms with Crippen LogP contribution in [0.25, 0.3) is 0 Å². The lowest BCUT2D eigenvalue weighted by atomic mass is 10.3. The summed E-state index contributed by atoms with van der Waals surface area (Å²) < 4.78 is 3.64. The molecule has 1 N–H and O–H groups in total. The third kappa shape index (κ3) is 3.79. The summed E-state index contributed by atoms with van der Waals surface area (Å²) in [5.41, 5.74) is 0.838. The molecule has 0 spiro atoms. The second-order valence-electron chi connectivity index (χ2n) is 7.12. The van der Waals surface area contributed by atoms with Crippen LogP contribution in [0, 0.1) is 6.92 Å². The SMILES string of the molecule is Cc1nnc(CN=C(NC2CC2)N2CCN(c3cnn(C)c3)C(=O)C2)n1C. The molecular formula is C17H25N9O. The largest absolute Gasteiger partial charge is 0.353 e. The minimum absolute atomic E-state index is 0.0500. The summed E-state index contributed by atoms with van der Waals surface area (Å²) in [6.45, 7) is 3.98. The predicted molar refractivity (Wildman–Crippen MR) is 100 cm³/mol. The quantitative estimate of drug-likeness (QED) is 0.591. The molecule has 0 radical (unpaired) electrons. The van der Waals surface area contributed by atoms with Crippen molar-refractivity contribution in [3.63, 3.8) is 0 Å². The summed E-state index contributed by atoms with van der Waals surface area (Å²) in [6.07, 6.45) is 5.88. The molecule has 0 aromatic carbocycles. The highest BCUT2D eigenvalue weighted by Crippen LogP contribution is 2.20. The van der Waals surface area contributed by atoms with Gasteiger partial charge in [0, 0.05) is 39.4 Å². The summed E-state index contributed by atoms with van der Waals surface area (Å²) >= 11 is 0. The van der Waals surface area contributed by atoms with Crippen molar-refractivity contribution in [2.75, 3.05) is 24.5 Å². The summed E-state index contributed by atoms with van der Waals surface area (Å²) in [5.74, 6) is 2.49. The lowest BCUT2D eigenvalue weighted by molar-refractivity contribution is -0.120. The van der Waals surface area contributed by atoms with E-state index in [0.717, 1.165) is 42.7 Å². The average Bonchev–Trinajstić information content (AvgIpc) is 3.29. The van der Waals surface area contributed by atoms with Gasteiger partial charge in [0.15, 0.2) is 11.8 Å². The first-order valence-corrected chi connectivity index (χ1v) is 9.21. The molecule has 10 heteroatoms. The first-order valence-electron chi connectivity index (χ1n) is 9.21. The third-order valence-electron chi connectivity index (χ3n) is 4.99. The van der Waals surface area contributed by atoms with Gasteiger partial charge >= 0.3 is 0 Å². The highest BCUT2D eigenvalue weighted by molar-refractivity contribution is 5.98. The maximum Gasteiger partial charge on any atom is 0.246 e. The fourth-order valence-electron chi connectivity index (χ4n) is 3.06. The Hall–Kier alpha value is -2.91. The van der Waals surface area contributed by atoms with Crippen molar-refractivity contribution >= 4 is 17.6 Å². The van der Waals surface area contributed by atoms with Gasteiger partial charge in [-0.15, -0.1) is 10.2 Å². The van der Waals surface area contributed by atoms with E-state index in [1.165, 1.54) is 0 Å². The van der Waals surface area contributed by atoms with Crippen LogP contribution in [0.5, 0.6) is 0 Å². The fourth-order valence-corrected chi connectivity index (χ4v) is 3.06. The maximum absolute atomic E-state index is 12.7.